The Kier molecular flexibility index (Phi) is 5.02. The van der Waals surface area contributed by atoms with Crippen LogP contribution in [0.5, 0.6) is 5.75 Å². The normalized spacial score (nSPS) is 26.7. The van der Waals surface area contributed by atoms with E-state index in [9.17, 15) is 4.79 Å². The maximum Gasteiger partial charge on any atom is 0.225 e. The number of carbonyl (C=O) groups is 1. The first-order chi connectivity index (χ1) is 14.2. The van der Waals surface area contributed by atoms with Crippen molar-refractivity contribution in [2.24, 2.45) is 5.92 Å². The number of rotatable bonds is 4. The van der Waals surface area contributed by atoms with Crippen LogP contribution in [-0.2, 0) is 9.53 Å². The largest absolute Gasteiger partial charge is 0.497 e. The highest BCUT2D eigenvalue weighted by Crippen LogP contribution is 2.38. The third-order valence-electron chi connectivity index (χ3n) is 6.71. The lowest BCUT2D eigenvalue weighted by Gasteiger charge is -2.55. The van der Waals surface area contributed by atoms with E-state index in [0.717, 1.165) is 50.5 Å². The third kappa shape index (κ3) is 3.53. The minimum Gasteiger partial charge on any atom is -0.497 e. The Bertz CT molecular complexity index is 864. The number of methoxy groups -OCH3 is 1. The number of piperazine rings is 1. The predicted molar refractivity (Wildman–Crippen MR) is 112 cm³/mol. The van der Waals surface area contributed by atoms with Gasteiger partial charge in [0.25, 0.3) is 0 Å². The Morgan fingerprint density at radius 3 is 2.45 bits per heavy atom. The molecule has 4 aliphatic heterocycles. The molecule has 0 aromatic heterocycles. The standard InChI is InChI=1S/C24H28N2O3/c1-28-20-4-2-3-19(13-20)16-5-7-17(8-6-16)23-21-14-26(15-22(23)25-21)24(27)18-9-11-29-12-10-18/h2-8,13,18,21-23,25H,9-12,14-15H2,1H3/t21-,22+,23?. The molecule has 1 N–H and O–H groups in total. The molecule has 4 saturated heterocycles. The molecule has 0 saturated carbocycles. The van der Waals surface area contributed by atoms with Crippen LogP contribution in [0.15, 0.2) is 48.5 Å². The Labute approximate surface area is 172 Å². The monoisotopic (exact) mass is 392 g/mol. The number of ether oxygens (including phenoxy) is 2. The second-order valence-corrected chi connectivity index (χ2v) is 8.39. The average molecular weight is 392 g/mol. The van der Waals surface area contributed by atoms with Gasteiger partial charge in [-0.3, -0.25) is 4.79 Å². The molecule has 5 nitrogen and oxygen atoms in total. The van der Waals surface area contributed by atoms with Crippen LogP contribution in [0.1, 0.15) is 24.3 Å². The van der Waals surface area contributed by atoms with Crippen molar-refractivity contribution in [3.8, 4) is 16.9 Å². The van der Waals surface area contributed by atoms with Crippen LogP contribution < -0.4 is 10.1 Å². The number of nitrogens with one attached hydrogen (secondary N) is 1. The summed E-state index contributed by atoms with van der Waals surface area (Å²) in [5, 5.41) is 3.64. The molecule has 152 valence electrons. The highest BCUT2D eigenvalue weighted by atomic mass is 16.5. The predicted octanol–water partition coefficient (Wildman–Crippen LogP) is 3.06. The van der Waals surface area contributed by atoms with Gasteiger partial charge in [0, 0.05) is 50.2 Å². The third-order valence-corrected chi connectivity index (χ3v) is 6.71. The highest BCUT2D eigenvalue weighted by Gasteiger charge is 2.48. The lowest BCUT2D eigenvalue weighted by Crippen LogP contribution is -2.72. The highest BCUT2D eigenvalue weighted by molar-refractivity contribution is 5.79. The van der Waals surface area contributed by atoms with Gasteiger partial charge in [-0.15, -0.1) is 0 Å². The van der Waals surface area contributed by atoms with Crippen molar-refractivity contribution in [2.45, 2.75) is 30.8 Å². The van der Waals surface area contributed by atoms with Gasteiger partial charge >= 0.3 is 0 Å². The summed E-state index contributed by atoms with van der Waals surface area (Å²) in [6.07, 6.45) is 1.74. The number of carbonyl (C=O) groups excluding carboxylic acids is 1. The lowest BCUT2D eigenvalue weighted by molar-refractivity contribution is -0.143. The van der Waals surface area contributed by atoms with Crippen LogP contribution in [0, 0.1) is 5.92 Å². The molecule has 1 unspecified atom stereocenters. The molecule has 5 heteroatoms. The zero-order valence-electron chi connectivity index (χ0n) is 16.8. The molecule has 29 heavy (non-hydrogen) atoms. The van der Waals surface area contributed by atoms with Crippen molar-refractivity contribution in [3.63, 3.8) is 0 Å². The fourth-order valence-electron chi connectivity index (χ4n) is 5.07. The van der Waals surface area contributed by atoms with E-state index in [4.69, 9.17) is 9.47 Å². The number of benzene rings is 2. The second kappa shape index (κ2) is 7.81. The number of hydrogen-bond acceptors (Lipinski definition) is 4. The molecule has 0 aliphatic carbocycles. The van der Waals surface area contributed by atoms with E-state index in [-0.39, 0.29) is 5.92 Å². The summed E-state index contributed by atoms with van der Waals surface area (Å²) < 4.78 is 10.7. The lowest BCUT2D eigenvalue weighted by atomic mass is 9.73. The number of fused-ring (bicyclic) bond motifs is 2. The van der Waals surface area contributed by atoms with Crippen LogP contribution in [0.2, 0.25) is 0 Å². The second-order valence-electron chi connectivity index (χ2n) is 8.39. The topological polar surface area (TPSA) is 50.8 Å². The quantitative estimate of drug-likeness (QED) is 0.869. The van der Waals surface area contributed by atoms with Gasteiger partial charge < -0.3 is 19.7 Å². The molecule has 2 aromatic carbocycles. The van der Waals surface area contributed by atoms with Gasteiger partial charge in [-0.1, -0.05) is 36.4 Å². The molecule has 1 amide bonds. The molecule has 2 aromatic rings. The van der Waals surface area contributed by atoms with Gasteiger partial charge in [-0.25, -0.2) is 0 Å². The van der Waals surface area contributed by atoms with Crippen LogP contribution in [0.4, 0.5) is 0 Å². The molecule has 4 aliphatic rings. The zero-order chi connectivity index (χ0) is 19.8. The molecule has 3 atom stereocenters. The Morgan fingerprint density at radius 2 is 1.76 bits per heavy atom. The minimum atomic E-state index is 0.154. The van der Waals surface area contributed by atoms with Gasteiger partial charge in [-0.2, -0.15) is 0 Å². The first-order valence-electron chi connectivity index (χ1n) is 10.6. The summed E-state index contributed by atoms with van der Waals surface area (Å²) in [7, 11) is 1.70. The molecular weight excluding hydrogens is 364 g/mol. The van der Waals surface area contributed by atoms with Gasteiger partial charge in [-0.05, 0) is 41.7 Å². The zero-order valence-corrected chi connectivity index (χ0v) is 16.8. The van der Waals surface area contributed by atoms with E-state index in [1.165, 1.54) is 11.1 Å². The van der Waals surface area contributed by atoms with Crippen molar-refractivity contribution in [1.29, 1.82) is 0 Å². The first kappa shape index (κ1) is 18.6. The number of amides is 1. The fraction of sp³-hybridized carbons (Fsp3) is 0.458. The van der Waals surface area contributed by atoms with Crippen molar-refractivity contribution in [1.82, 2.24) is 10.2 Å². The summed E-state index contributed by atoms with van der Waals surface area (Å²) in [5.74, 6) is 1.85. The van der Waals surface area contributed by atoms with E-state index in [1.54, 1.807) is 7.11 Å². The van der Waals surface area contributed by atoms with Crippen molar-refractivity contribution < 1.29 is 14.3 Å². The summed E-state index contributed by atoms with van der Waals surface area (Å²) in [5.41, 5.74) is 3.72. The Hall–Kier alpha value is -2.37. The molecule has 4 heterocycles. The first-order valence-corrected chi connectivity index (χ1v) is 10.6. The molecule has 4 fully saturated rings. The van der Waals surface area contributed by atoms with Crippen molar-refractivity contribution in [2.75, 3.05) is 33.4 Å². The maximum absolute atomic E-state index is 12.8. The van der Waals surface area contributed by atoms with Crippen LogP contribution >= 0.6 is 0 Å². The van der Waals surface area contributed by atoms with E-state index in [0.29, 0.717) is 23.9 Å². The molecule has 2 bridgehead atoms. The fourth-order valence-corrected chi connectivity index (χ4v) is 5.07. The van der Waals surface area contributed by atoms with Crippen molar-refractivity contribution in [3.05, 3.63) is 54.1 Å². The minimum absolute atomic E-state index is 0.154. The average Bonchev–Trinajstić information content (AvgIpc) is 2.79. The molecule has 0 radical (unpaired) electrons. The van der Waals surface area contributed by atoms with Crippen LogP contribution in [0.3, 0.4) is 0 Å². The number of nitrogens with zero attached hydrogens (tertiary/aromatic N) is 1. The summed E-state index contributed by atoms with van der Waals surface area (Å²) >= 11 is 0. The molecule has 0 spiro atoms. The summed E-state index contributed by atoms with van der Waals surface area (Å²) in [4.78, 5) is 14.9. The Morgan fingerprint density at radius 1 is 1.03 bits per heavy atom. The maximum atomic E-state index is 12.8. The number of piperidine rings is 1. The molecule has 6 rings (SSSR count). The van der Waals surface area contributed by atoms with Gasteiger partial charge in [0.05, 0.1) is 7.11 Å². The summed E-state index contributed by atoms with van der Waals surface area (Å²) in [6.45, 7) is 3.07. The van der Waals surface area contributed by atoms with Gasteiger partial charge in [0.1, 0.15) is 5.75 Å². The van der Waals surface area contributed by atoms with Crippen LogP contribution in [-0.4, -0.2) is 56.3 Å². The van der Waals surface area contributed by atoms with E-state index in [1.807, 2.05) is 12.1 Å². The van der Waals surface area contributed by atoms with Gasteiger partial charge in [0.2, 0.25) is 5.91 Å². The van der Waals surface area contributed by atoms with E-state index < -0.39 is 0 Å². The molecular formula is C24H28N2O3. The van der Waals surface area contributed by atoms with Crippen LogP contribution in [0.25, 0.3) is 11.1 Å². The Balaban J connectivity index is 1.25. The number of hydrogen-bond donors (Lipinski definition) is 1. The SMILES string of the molecule is COc1cccc(-c2ccc(C3[C@@H]4CN(C(=O)C5CCOCC5)C[C@H]3N4)cc2)c1. The van der Waals surface area contributed by atoms with Gasteiger partial charge in [0.15, 0.2) is 0 Å². The summed E-state index contributed by atoms with van der Waals surface area (Å²) in [6, 6.07) is 17.8. The van der Waals surface area contributed by atoms with E-state index in [2.05, 4.69) is 46.6 Å². The van der Waals surface area contributed by atoms with E-state index >= 15 is 0 Å². The van der Waals surface area contributed by atoms with Crippen molar-refractivity contribution >= 4 is 5.91 Å². The smallest absolute Gasteiger partial charge is 0.225 e.